The van der Waals surface area contributed by atoms with Gasteiger partial charge in [-0.05, 0) is 13.0 Å². The van der Waals surface area contributed by atoms with Crippen LogP contribution in [0, 0.1) is 0 Å². The number of nitrogens with one attached hydrogen (secondary N) is 2. The van der Waals surface area contributed by atoms with Gasteiger partial charge in [0.2, 0.25) is 0 Å². The van der Waals surface area contributed by atoms with Gasteiger partial charge >= 0.3 is 5.69 Å². The SMILES string of the molecule is CCn1c(SCC(=O)c2c[nH]c3ccccc23)n[nH]c1=O. The average Bonchev–Trinajstić information content (AvgIpc) is 3.08. The van der Waals surface area contributed by atoms with E-state index in [2.05, 4.69) is 15.2 Å². The van der Waals surface area contributed by atoms with Crippen molar-refractivity contribution >= 4 is 28.4 Å². The lowest BCUT2D eigenvalue weighted by Crippen LogP contribution is -2.16. The standard InChI is InChI=1S/C14H14N4O2S/c1-2-18-13(20)16-17-14(18)21-8-12(19)10-7-15-11-6-4-3-5-9(10)11/h3-7,15H,2,8H2,1H3,(H,16,20). The topological polar surface area (TPSA) is 83.5 Å². The zero-order valence-corrected chi connectivity index (χ0v) is 12.2. The number of hydrogen-bond donors (Lipinski definition) is 2. The third kappa shape index (κ3) is 2.52. The van der Waals surface area contributed by atoms with Crippen LogP contribution in [-0.2, 0) is 6.54 Å². The second-order valence-corrected chi connectivity index (χ2v) is 5.46. The highest BCUT2D eigenvalue weighted by Gasteiger charge is 2.14. The molecule has 0 unspecified atom stereocenters. The summed E-state index contributed by atoms with van der Waals surface area (Å²) in [5.74, 6) is 0.252. The number of thioether (sulfide) groups is 1. The van der Waals surface area contributed by atoms with E-state index in [1.165, 1.54) is 16.3 Å². The van der Waals surface area contributed by atoms with Crippen LogP contribution in [0.3, 0.4) is 0 Å². The second-order valence-electron chi connectivity index (χ2n) is 4.52. The van der Waals surface area contributed by atoms with Crippen molar-refractivity contribution < 1.29 is 4.79 Å². The van der Waals surface area contributed by atoms with Gasteiger partial charge in [-0.2, -0.15) is 0 Å². The summed E-state index contributed by atoms with van der Waals surface area (Å²) in [5, 5.41) is 7.78. The van der Waals surface area contributed by atoms with E-state index in [1.54, 1.807) is 6.20 Å². The van der Waals surface area contributed by atoms with E-state index in [1.807, 2.05) is 31.2 Å². The quantitative estimate of drug-likeness (QED) is 0.558. The van der Waals surface area contributed by atoms with Crippen LogP contribution in [0.5, 0.6) is 0 Å². The first-order valence-corrected chi connectivity index (χ1v) is 7.56. The molecule has 2 heterocycles. The van der Waals surface area contributed by atoms with E-state index in [4.69, 9.17) is 0 Å². The fourth-order valence-corrected chi connectivity index (χ4v) is 3.10. The minimum Gasteiger partial charge on any atom is -0.360 e. The van der Waals surface area contributed by atoms with Crippen LogP contribution < -0.4 is 5.69 Å². The monoisotopic (exact) mass is 302 g/mol. The second kappa shape index (κ2) is 5.61. The van der Waals surface area contributed by atoms with Crippen molar-refractivity contribution in [3.63, 3.8) is 0 Å². The Morgan fingerprint density at radius 3 is 3.00 bits per heavy atom. The Bertz CT molecular complexity index is 846. The number of para-hydroxylation sites is 1. The predicted octanol–water partition coefficient (Wildman–Crippen LogP) is 2.05. The highest BCUT2D eigenvalue weighted by atomic mass is 32.2. The molecular formula is C14H14N4O2S. The van der Waals surface area contributed by atoms with Gasteiger partial charge in [0.25, 0.3) is 0 Å². The molecule has 0 aliphatic heterocycles. The molecule has 0 aliphatic carbocycles. The van der Waals surface area contributed by atoms with Gasteiger partial charge in [-0.1, -0.05) is 30.0 Å². The maximum Gasteiger partial charge on any atom is 0.343 e. The molecule has 21 heavy (non-hydrogen) atoms. The van der Waals surface area contributed by atoms with E-state index in [0.29, 0.717) is 17.3 Å². The van der Waals surface area contributed by atoms with Crippen LogP contribution in [0.2, 0.25) is 0 Å². The number of carbonyl (C=O) groups is 1. The normalized spacial score (nSPS) is 11.1. The lowest BCUT2D eigenvalue weighted by atomic mass is 10.1. The first-order valence-electron chi connectivity index (χ1n) is 6.58. The molecule has 0 aliphatic rings. The van der Waals surface area contributed by atoms with E-state index >= 15 is 0 Å². The van der Waals surface area contributed by atoms with Gasteiger partial charge in [0.1, 0.15) is 0 Å². The summed E-state index contributed by atoms with van der Waals surface area (Å²) in [5.41, 5.74) is 1.36. The Morgan fingerprint density at radius 1 is 1.38 bits per heavy atom. The van der Waals surface area contributed by atoms with Gasteiger partial charge in [0, 0.05) is 29.2 Å². The lowest BCUT2D eigenvalue weighted by molar-refractivity contribution is 0.102. The number of hydrogen-bond acceptors (Lipinski definition) is 4. The number of benzene rings is 1. The maximum atomic E-state index is 12.3. The number of rotatable bonds is 5. The summed E-state index contributed by atoms with van der Waals surface area (Å²) in [7, 11) is 0. The van der Waals surface area contributed by atoms with Crippen LogP contribution in [0.1, 0.15) is 17.3 Å². The molecule has 0 amide bonds. The number of nitrogens with zero attached hydrogens (tertiary/aromatic N) is 2. The van der Waals surface area contributed by atoms with E-state index in [0.717, 1.165) is 10.9 Å². The molecule has 0 saturated carbocycles. The average molecular weight is 302 g/mol. The van der Waals surface area contributed by atoms with Crippen molar-refractivity contribution in [3.05, 3.63) is 46.5 Å². The molecule has 0 fully saturated rings. The molecule has 2 aromatic heterocycles. The molecular weight excluding hydrogens is 288 g/mol. The minimum atomic E-state index is -0.250. The van der Waals surface area contributed by atoms with Crippen molar-refractivity contribution in [1.29, 1.82) is 0 Å². The fourth-order valence-electron chi connectivity index (χ4n) is 2.20. The number of fused-ring (bicyclic) bond motifs is 1. The molecule has 0 bridgehead atoms. The summed E-state index contributed by atoms with van der Waals surface area (Å²) in [6.07, 6.45) is 1.73. The van der Waals surface area contributed by atoms with Crippen molar-refractivity contribution in [2.24, 2.45) is 0 Å². The Balaban J connectivity index is 1.79. The lowest BCUT2D eigenvalue weighted by Gasteiger charge is -2.01. The van der Waals surface area contributed by atoms with Crippen LogP contribution in [0.25, 0.3) is 10.9 Å². The molecule has 3 aromatic rings. The highest BCUT2D eigenvalue weighted by Crippen LogP contribution is 2.21. The third-order valence-corrected chi connectivity index (χ3v) is 4.24. The highest BCUT2D eigenvalue weighted by molar-refractivity contribution is 7.99. The van der Waals surface area contributed by atoms with Crippen molar-refractivity contribution in [2.75, 3.05) is 5.75 Å². The molecule has 0 atom stereocenters. The minimum absolute atomic E-state index is 0.00977. The van der Waals surface area contributed by atoms with Gasteiger partial charge in [-0.3, -0.25) is 9.36 Å². The van der Waals surface area contributed by atoms with Crippen LogP contribution >= 0.6 is 11.8 Å². The smallest absolute Gasteiger partial charge is 0.343 e. The van der Waals surface area contributed by atoms with Gasteiger partial charge in [-0.15, -0.1) is 5.10 Å². The molecule has 0 spiro atoms. The van der Waals surface area contributed by atoms with E-state index in [-0.39, 0.29) is 17.2 Å². The zero-order valence-electron chi connectivity index (χ0n) is 11.4. The number of carbonyl (C=O) groups excluding carboxylic acids is 1. The molecule has 2 N–H and O–H groups in total. The predicted molar refractivity (Wildman–Crippen MR) is 81.9 cm³/mol. The van der Waals surface area contributed by atoms with Gasteiger partial charge in [0.05, 0.1) is 5.75 Å². The summed E-state index contributed by atoms with van der Waals surface area (Å²) in [6, 6.07) is 7.68. The summed E-state index contributed by atoms with van der Waals surface area (Å²) >= 11 is 1.26. The van der Waals surface area contributed by atoms with Gasteiger partial charge in [0.15, 0.2) is 10.9 Å². The molecule has 7 heteroatoms. The fraction of sp³-hybridized carbons (Fsp3) is 0.214. The molecule has 1 aromatic carbocycles. The molecule has 6 nitrogen and oxygen atoms in total. The van der Waals surface area contributed by atoms with E-state index in [9.17, 15) is 9.59 Å². The number of aromatic nitrogens is 4. The van der Waals surface area contributed by atoms with Crippen molar-refractivity contribution in [3.8, 4) is 0 Å². The number of H-pyrrole nitrogens is 2. The van der Waals surface area contributed by atoms with Gasteiger partial charge < -0.3 is 4.98 Å². The molecule has 3 rings (SSSR count). The Kier molecular flexibility index (Phi) is 3.66. The first kappa shape index (κ1) is 13.7. The number of Topliss-reactive ketones (excluding diaryl/α,β-unsaturated/α-hetero) is 1. The van der Waals surface area contributed by atoms with Crippen molar-refractivity contribution in [1.82, 2.24) is 19.7 Å². The van der Waals surface area contributed by atoms with Crippen LogP contribution in [-0.4, -0.2) is 31.3 Å². The number of ketones is 1. The first-order chi connectivity index (χ1) is 10.2. The maximum absolute atomic E-state index is 12.3. The summed E-state index contributed by atoms with van der Waals surface area (Å²) in [4.78, 5) is 26.9. The third-order valence-electron chi connectivity index (χ3n) is 3.26. The van der Waals surface area contributed by atoms with Gasteiger partial charge in [-0.25, -0.2) is 9.89 Å². The summed E-state index contributed by atoms with van der Waals surface area (Å²) in [6.45, 7) is 2.39. The summed E-state index contributed by atoms with van der Waals surface area (Å²) < 4.78 is 1.51. The largest absolute Gasteiger partial charge is 0.360 e. The van der Waals surface area contributed by atoms with Crippen molar-refractivity contribution in [2.45, 2.75) is 18.6 Å². The van der Waals surface area contributed by atoms with Crippen LogP contribution in [0.4, 0.5) is 0 Å². The molecule has 0 radical (unpaired) electrons. The van der Waals surface area contributed by atoms with E-state index < -0.39 is 0 Å². The molecule has 0 saturated heterocycles. The molecule has 108 valence electrons. The number of aromatic amines is 2. The Labute approximate surface area is 124 Å². The Hall–Kier alpha value is -2.28. The Morgan fingerprint density at radius 2 is 2.19 bits per heavy atom. The zero-order chi connectivity index (χ0) is 14.8. The van der Waals surface area contributed by atoms with Crippen LogP contribution in [0.15, 0.2) is 40.4 Å².